The molecule has 1 aliphatic heterocycles. The van der Waals surface area contributed by atoms with Crippen LogP contribution in [0, 0.1) is 13.8 Å². The van der Waals surface area contributed by atoms with Crippen molar-refractivity contribution in [2.24, 2.45) is 4.99 Å². The van der Waals surface area contributed by atoms with Crippen molar-refractivity contribution in [3.63, 3.8) is 0 Å². The minimum Gasteiger partial charge on any atom is -0.326 e. The lowest BCUT2D eigenvalue weighted by atomic mass is 10.1. The first-order chi connectivity index (χ1) is 12.9. The van der Waals surface area contributed by atoms with E-state index >= 15 is 0 Å². The molecule has 2 aromatic rings. The van der Waals surface area contributed by atoms with E-state index in [1.807, 2.05) is 69.3 Å². The Morgan fingerprint density at radius 1 is 1.22 bits per heavy atom. The van der Waals surface area contributed by atoms with Crippen molar-refractivity contribution >= 4 is 34.4 Å². The summed E-state index contributed by atoms with van der Waals surface area (Å²) in [5.41, 5.74) is 4.01. The summed E-state index contributed by atoms with van der Waals surface area (Å²) in [5, 5.41) is 5.79. The minimum absolute atomic E-state index is 0.0585. The van der Waals surface area contributed by atoms with E-state index in [4.69, 9.17) is 0 Å². The van der Waals surface area contributed by atoms with Gasteiger partial charge >= 0.3 is 0 Å². The predicted octanol–water partition coefficient (Wildman–Crippen LogP) is 3.98. The quantitative estimate of drug-likeness (QED) is 0.823. The average molecular weight is 382 g/mol. The fourth-order valence-corrected chi connectivity index (χ4v) is 3.95. The van der Waals surface area contributed by atoms with Gasteiger partial charge < -0.3 is 10.6 Å². The zero-order valence-electron chi connectivity index (χ0n) is 15.7. The highest BCUT2D eigenvalue weighted by molar-refractivity contribution is 8.15. The van der Waals surface area contributed by atoms with Crippen molar-refractivity contribution in [3.8, 4) is 0 Å². The molecule has 3 rings (SSSR count). The molecule has 6 heteroatoms. The summed E-state index contributed by atoms with van der Waals surface area (Å²) in [6.45, 7) is 5.94. The topological polar surface area (TPSA) is 70.6 Å². The lowest BCUT2D eigenvalue weighted by molar-refractivity contribution is -0.122. The molecular weight excluding hydrogens is 358 g/mol. The van der Waals surface area contributed by atoms with Gasteiger partial charge in [0.25, 0.3) is 0 Å². The molecule has 1 heterocycles. The van der Waals surface area contributed by atoms with Gasteiger partial charge in [-0.3, -0.25) is 14.6 Å². The van der Waals surface area contributed by atoms with Gasteiger partial charge in [0.15, 0.2) is 5.17 Å². The van der Waals surface area contributed by atoms with Crippen LogP contribution in [0.15, 0.2) is 53.5 Å². The van der Waals surface area contributed by atoms with E-state index in [9.17, 15) is 9.59 Å². The van der Waals surface area contributed by atoms with Gasteiger partial charge in [0.2, 0.25) is 11.8 Å². The molecule has 2 aromatic carbocycles. The van der Waals surface area contributed by atoms with Crippen molar-refractivity contribution in [3.05, 3.63) is 65.2 Å². The number of benzene rings is 2. The molecule has 2 amide bonds. The van der Waals surface area contributed by atoms with Gasteiger partial charge in [-0.2, -0.15) is 0 Å². The SMILES string of the molecule is Cc1ccc(NC(=O)C[C@@H]2SC(=N[C@@H](C)c3ccccc3)NC2=O)c(C)c1. The van der Waals surface area contributed by atoms with Crippen molar-refractivity contribution in [1.29, 1.82) is 0 Å². The van der Waals surface area contributed by atoms with Gasteiger partial charge in [0, 0.05) is 12.1 Å². The van der Waals surface area contributed by atoms with E-state index in [1.54, 1.807) is 0 Å². The summed E-state index contributed by atoms with van der Waals surface area (Å²) in [6, 6.07) is 15.7. The number of amidine groups is 1. The van der Waals surface area contributed by atoms with Gasteiger partial charge in [-0.1, -0.05) is 59.8 Å². The number of aliphatic imine (C=N–C) groups is 1. The van der Waals surface area contributed by atoms with Crippen LogP contribution in [0.1, 0.15) is 36.1 Å². The number of amides is 2. The van der Waals surface area contributed by atoms with Crippen LogP contribution in [0.25, 0.3) is 0 Å². The third kappa shape index (κ3) is 4.98. The molecule has 0 spiro atoms. The van der Waals surface area contributed by atoms with Gasteiger partial charge in [0.1, 0.15) is 5.25 Å². The molecule has 0 bridgehead atoms. The first kappa shape index (κ1) is 19.2. The first-order valence-corrected chi connectivity index (χ1v) is 9.77. The molecule has 1 fully saturated rings. The molecule has 1 aliphatic rings. The second-order valence-corrected chi connectivity index (χ2v) is 7.88. The molecule has 5 nitrogen and oxygen atoms in total. The number of nitrogens with one attached hydrogen (secondary N) is 2. The molecule has 2 atom stereocenters. The number of nitrogens with zero attached hydrogens (tertiary/aromatic N) is 1. The summed E-state index contributed by atoms with van der Waals surface area (Å²) in [4.78, 5) is 29.1. The minimum atomic E-state index is -0.461. The van der Waals surface area contributed by atoms with Crippen molar-refractivity contribution in [1.82, 2.24) is 5.32 Å². The highest BCUT2D eigenvalue weighted by atomic mass is 32.2. The summed E-state index contributed by atoms with van der Waals surface area (Å²) in [7, 11) is 0. The third-order valence-electron chi connectivity index (χ3n) is 4.40. The van der Waals surface area contributed by atoms with Crippen LogP contribution in [0.2, 0.25) is 0 Å². The monoisotopic (exact) mass is 381 g/mol. The van der Waals surface area contributed by atoms with Gasteiger partial charge in [0.05, 0.1) is 6.04 Å². The van der Waals surface area contributed by atoms with E-state index in [0.29, 0.717) is 5.17 Å². The molecule has 2 N–H and O–H groups in total. The second-order valence-electron chi connectivity index (χ2n) is 6.69. The van der Waals surface area contributed by atoms with Crippen LogP contribution in [0.3, 0.4) is 0 Å². The summed E-state index contributed by atoms with van der Waals surface area (Å²) < 4.78 is 0. The van der Waals surface area contributed by atoms with E-state index in [1.165, 1.54) is 11.8 Å². The zero-order chi connectivity index (χ0) is 19.4. The average Bonchev–Trinajstić information content (AvgIpc) is 2.97. The summed E-state index contributed by atoms with van der Waals surface area (Å²) >= 11 is 1.32. The van der Waals surface area contributed by atoms with Gasteiger partial charge in [-0.25, -0.2) is 0 Å². The lowest BCUT2D eigenvalue weighted by Crippen LogP contribution is -2.28. The Morgan fingerprint density at radius 3 is 2.67 bits per heavy atom. The molecule has 0 saturated carbocycles. The van der Waals surface area contributed by atoms with Crippen molar-refractivity contribution < 1.29 is 9.59 Å². The molecule has 0 aromatic heterocycles. The maximum absolute atomic E-state index is 12.4. The molecule has 1 saturated heterocycles. The Morgan fingerprint density at radius 2 is 1.96 bits per heavy atom. The summed E-state index contributed by atoms with van der Waals surface area (Å²) in [5.74, 6) is -0.346. The van der Waals surface area contributed by atoms with E-state index in [2.05, 4.69) is 15.6 Å². The number of aryl methyl sites for hydroxylation is 2. The lowest BCUT2D eigenvalue weighted by Gasteiger charge is -2.10. The molecule has 27 heavy (non-hydrogen) atoms. The molecule has 0 unspecified atom stereocenters. The van der Waals surface area contributed by atoms with E-state index in [-0.39, 0.29) is 24.3 Å². The Labute approximate surface area is 163 Å². The third-order valence-corrected chi connectivity index (χ3v) is 5.49. The van der Waals surface area contributed by atoms with Gasteiger partial charge in [-0.15, -0.1) is 0 Å². The van der Waals surface area contributed by atoms with Crippen LogP contribution in [0.4, 0.5) is 5.69 Å². The van der Waals surface area contributed by atoms with Crippen LogP contribution in [-0.4, -0.2) is 22.2 Å². The van der Waals surface area contributed by atoms with Crippen LogP contribution in [0.5, 0.6) is 0 Å². The second kappa shape index (κ2) is 8.39. The maximum Gasteiger partial charge on any atom is 0.240 e. The standard InChI is InChI=1S/C21H23N3O2S/c1-13-9-10-17(14(2)11-13)23-19(25)12-18-20(26)24-21(27-18)22-15(3)16-7-5-4-6-8-16/h4-11,15,18H,12H2,1-3H3,(H,23,25)(H,22,24,26)/t15-,18-/m0/s1. The van der Waals surface area contributed by atoms with E-state index < -0.39 is 5.25 Å². The maximum atomic E-state index is 12.4. The van der Waals surface area contributed by atoms with E-state index in [0.717, 1.165) is 22.4 Å². The van der Waals surface area contributed by atoms with Crippen LogP contribution >= 0.6 is 11.8 Å². The Balaban J connectivity index is 1.60. The highest BCUT2D eigenvalue weighted by Crippen LogP contribution is 2.26. The molecular formula is C21H23N3O2S. The Hall–Kier alpha value is -2.60. The van der Waals surface area contributed by atoms with Gasteiger partial charge in [-0.05, 0) is 38.0 Å². The fourth-order valence-electron chi connectivity index (χ4n) is 2.91. The number of hydrogen-bond acceptors (Lipinski definition) is 4. The first-order valence-electron chi connectivity index (χ1n) is 8.90. The number of rotatable bonds is 5. The number of anilines is 1. The number of hydrogen-bond donors (Lipinski definition) is 2. The molecule has 140 valence electrons. The number of thioether (sulfide) groups is 1. The Kier molecular flexibility index (Phi) is 5.96. The van der Waals surface area contributed by atoms with Crippen molar-refractivity contribution in [2.45, 2.75) is 38.5 Å². The fraction of sp³-hybridized carbons (Fsp3) is 0.286. The summed E-state index contributed by atoms with van der Waals surface area (Å²) in [6.07, 6.45) is 0.114. The smallest absolute Gasteiger partial charge is 0.240 e. The molecule has 0 radical (unpaired) electrons. The van der Waals surface area contributed by atoms with Crippen LogP contribution < -0.4 is 10.6 Å². The molecule has 0 aliphatic carbocycles. The zero-order valence-corrected chi connectivity index (χ0v) is 16.5. The number of carbonyl (C=O) groups excluding carboxylic acids is 2. The predicted molar refractivity (Wildman–Crippen MR) is 111 cm³/mol. The highest BCUT2D eigenvalue weighted by Gasteiger charge is 2.32. The largest absolute Gasteiger partial charge is 0.326 e. The Bertz CT molecular complexity index is 880. The normalized spacial score (nSPS) is 19.0. The van der Waals surface area contributed by atoms with Crippen molar-refractivity contribution in [2.75, 3.05) is 5.32 Å². The van der Waals surface area contributed by atoms with Crippen LogP contribution in [-0.2, 0) is 9.59 Å². The number of carbonyl (C=O) groups is 2.